The van der Waals surface area contributed by atoms with E-state index in [1.54, 1.807) is 18.2 Å². The lowest BCUT2D eigenvalue weighted by molar-refractivity contribution is 0.0950. The number of nitrogens with one attached hydrogen (secondary N) is 1. The van der Waals surface area contributed by atoms with Gasteiger partial charge in [-0.05, 0) is 59.9 Å². The summed E-state index contributed by atoms with van der Waals surface area (Å²) in [5.74, 6) is -0.206. The number of nitrogens with two attached hydrogens (primary N) is 2. The first-order valence-corrected chi connectivity index (χ1v) is 15.5. The first-order chi connectivity index (χ1) is 20.0. The zero-order chi connectivity index (χ0) is 31.9. The minimum Gasteiger partial charge on any atom is -0.383 e. The highest BCUT2D eigenvalue weighted by atomic mass is 35.5. The topological polar surface area (TPSA) is 216 Å². The predicted molar refractivity (Wildman–Crippen MR) is 160 cm³/mol. The molecule has 4 aromatic rings. The fourth-order valence-electron chi connectivity index (χ4n) is 3.85. The largest absolute Gasteiger partial charge is 0.394 e. The van der Waals surface area contributed by atoms with E-state index < -0.39 is 31.4 Å². The third kappa shape index (κ3) is 10.4. The Kier molecular flexibility index (Phi) is 11.0. The summed E-state index contributed by atoms with van der Waals surface area (Å²) in [4.78, 5) is 20.3. The Bertz CT molecular complexity index is 1850. The fourth-order valence-corrected chi connectivity index (χ4v) is 4.66. The molecule has 4 rings (SSSR count). The summed E-state index contributed by atoms with van der Waals surface area (Å²) in [6.45, 7) is 0.201. The third-order valence-electron chi connectivity index (χ3n) is 5.74. The van der Waals surface area contributed by atoms with Crippen LogP contribution in [0.3, 0.4) is 0 Å². The van der Waals surface area contributed by atoms with Gasteiger partial charge in [0, 0.05) is 17.7 Å². The van der Waals surface area contributed by atoms with Gasteiger partial charge in [-0.2, -0.15) is 21.8 Å². The summed E-state index contributed by atoms with van der Waals surface area (Å²) in [5.41, 5.74) is 15.9. The number of aromatic nitrogens is 2. The van der Waals surface area contributed by atoms with Crippen molar-refractivity contribution in [1.82, 2.24) is 15.3 Å². The minimum atomic E-state index is -4.90. The van der Waals surface area contributed by atoms with Crippen LogP contribution in [0.1, 0.15) is 27.2 Å². The van der Waals surface area contributed by atoms with Crippen LogP contribution >= 0.6 is 23.2 Å². The van der Waals surface area contributed by atoms with E-state index in [0.717, 1.165) is 28.8 Å². The number of amides is 1. The van der Waals surface area contributed by atoms with Crippen molar-refractivity contribution in [3.8, 4) is 11.1 Å². The van der Waals surface area contributed by atoms with Crippen molar-refractivity contribution in [2.75, 3.05) is 11.5 Å². The number of rotatable bonds is 8. The second-order valence-corrected chi connectivity index (χ2v) is 11.9. The van der Waals surface area contributed by atoms with E-state index in [1.165, 1.54) is 12.1 Å². The maximum absolute atomic E-state index is 13.2. The Morgan fingerprint density at radius 2 is 1.49 bits per heavy atom. The van der Waals surface area contributed by atoms with Gasteiger partial charge in [-0.15, -0.1) is 3.89 Å². The summed E-state index contributed by atoms with van der Waals surface area (Å²) in [7, 11) is -9.56. The second-order valence-electron chi connectivity index (χ2n) is 8.83. The van der Waals surface area contributed by atoms with Gasteiger partial charge in [-0.1, -0.05) is 59.6 Å². The molecule has 0 aliphatic carbocycles. The monoisotopic (exact) mass is 671 g/mol. The van der Waals surface area contributed by atoms with E-state index in [9.17, 15) is 17.1 Å². The van der Waals surface area contributed by atoms with Gasteiger partial charge in [-0.3, -0.25) is 13.9 Å². The molecule has 1 amide bonds. The molecular weight excluding hydrogens is 648 g/mol. The third-order valence-corrected chi connectivity index (χ3v) is 7.30. The van der Waals surface area contributed by atoms with E-state index in [1.807, 2.05) is 24.3 Å². The zero-order valence-electron chi connectivity index (χ0n) is 21.9. The Balaban J connectivity index is 0.000000934. The van der Waals surface area contributed by atoms with Gasteiger partial charge < -0.3 is 16.8 Å². The predicted octanol–water partition coefficient (Wildman–Crippen LogP) is 4.34. The Morgan fingerprint density at radius 1 is 0.860 bits per heavy atom. The summed E-state index contributed by atoms with van der Waals surface area (Å²) in [6.07, 6.45) is 1.15. The van der Waals surface area contributed by atoms with Crippen LogP contribution in [0.25, 0.3) is 11.1 Å². The number of hydrogen-bond acceptors (Lipinski definition) is 9. The Labute approximate surface area is 256 Å². The summed E-state index contributed by atoms with van der Waals surface area (Å²) in [5, 5.41) is 3.50. The molecule has 1 aromatic heterocycles. The molecule has 17 heteroatoms. The second kappa shape index (κ2) is 14.1. The molecule has 0 radical (unpaired) electrons. The molecule has 228 valence electrons. The van der Waals surface area contributed by atoms with Crippen LogP contribution in [0.15, 0.2) is 71.6 Å². The molecule has 7 N–H and O–H groups in total. The number of benzene rings is 3. The number of nitrogen functional groups attached to an aromatic ring is 2. The van der Waals surface area contributed by atoms with Crippen molar-refractivity contribution >= 4 is 61.5 Å². The molecule has 0 saturated carbocycles. The minimum absolute atomic E-state index is 0.0431. The molecular formula is C26H24Cl2FN5O7S2. The van der Waals surface area contributed by atoms with E-state index in [0.29, 0.717) is 34.1 Å². The Morgan fingerprint density at radius 3 is 2.09 bits per heavy atom. The van der Waals surface area contributed by atoms with Crippen molar-refractivity contribution in [1.29, 1.82) is 0 Å². The molecule has 12 nitrogen and oxygen atoms in total. The Hall–Kier alpha value is -3.86. The molecule has 3 aromatic carbocycles. The van der Waals surface area contributed by atoms with Gasteiger partial charge in [-0.25, -0.2) is 4.98 Å². The molecule has 0 aliphatic heterocycles. The molecule has 0 bridgehead atoms. The standard InChI is InChI=1S/C26H22Cl2FN5O3S.H2O4S/c27-20-10-9-17(13-21(20)28)23-22(33-26(31)34-24(23)30)11-8-15-4-6-16(7-5-15)14-32-25(35)18-2-1-3-19(12-18)38(29,36)37;1-5(2,3)4/h1-7,9-10,12-13H,8,11,14H2,(H,32,35)(H4,30,31,33,34);(H2,1,2,3,4). The number of carbonyl (C=O) groups is 1. The molecule has 0 saturated heterocycles. The summed E-state index contributed by atoms with van der Waals surface area (Å²) >= 11 is 12.2. The van der Waals surface area contributed by atoms with Crippen LogP contribution < -0.4 is 16.8 Å². The van der Waals surface area contributed by atoms with Crippen LogP contribution in [0.4, 0.5) is 15.7 Å². The highest BCUT2D eigenvalue weighted by Crippen LogP contribution is 2.33. The van der Waals surface area contributed by atoms with Crippen molar-refractivity contribution in [2.45, 2.75) is 24.3 Å². The zero-order valence-corrected chi connectivity index (χ0v) is 25.1. The van der Waals surface area contributed by atoms with Gasteiger partial charge in [0.15, 0.2) is 0 Å². The average Bonchev–Trinajstić information content (AvgIpc) is 2.91. The van der Waals surface area contributed by atoms with Crippen molar-refractivity contribution in [3.63, 3.8) is 0 Å². The van der Waals surface area contributed by atoms with E-state index in [2.05, 4.69) is 15.3 Å². The quantitative estimate of drug-likeness (QED) is 0.131. The fraction of sp³-hybridized carbons (Fsp3) is 0.115. The van der Waals surface area contributed by atoms with E-state index in [-0.39, 0.29) is 23.9 Å². The lowest BCUT2D eigenvalue weighted by Gasteiger charge is -2.13. The van der Waals surface area contributed by atoms with Gasteiger partial charge in [0.05, 0.1) is 20.6 Å². The SMILES string of the molecule is Nc1nc(N)c(-c2ccc(Cl)c(Cl)c2)c(CCc2ccc(CNC(=O)c3cccc(S(=O)(=O)F)c3)cc2)n1.O=S(=O)(O)O. The summed E-state index contributed by atoms with van der Waals surface area (Å²) in [6, 6.07) is 17.5. The van der Waals surface area contributed by atoms with Crippen LogP contribution in [0, 0.1) is 0 Å². The number of carbonyl (C=O) groups excluding carboxylic acids is 1. The number of nitrogens with zero attached hydrogens (tertiary/aromatic N) is 2. The highest BCUT2D eigenvalue weighted by Gasteiger charge is 2.16. The van der Waals surface area contributed by atoms with Crippen LogP contribution in [0.2, 0.25) is 10.0 Å². The van der Waals surface area contributed by atoms with E-state index >= 15 is 0 Å². The van der Waals surface area contributed by atoms with Gasteiger partial charge in [0.2, 0.25) is 5.95 Å². The first-order valence-electron chi connectivity index (χ1n) is 12.0. The number of halogens is 3. The maximum Gasteiger partial charge on any atom is 0.394 e. The number of aryl methyl sites for hydroxylation is 2. The molecule has 0 unspecified atom stereocenters. The van der Waals surface area contributed by atoms with E-state index in [4.69, 9.17) is 52.2 Å². The van der Waals surface area contributed by atoms with Crippen LogP contribution in [-0.2, 0) is 40.0 Å². The molecule has 0 spiro atoms. The number of anilines is 2. The molecule has 43 heavy (non-hydrogen) atoms. The molecule has 1 heterocycles. The highest BCUT2D eigenvalue weighted by molar-refractivity contribution is 7.86. The van der Waals surface area contributed by atoms with Gasteiger partial charge in [0.1, 0.15) is 5.82 Å². The molecule has 0 aliphatic rings. The van der Waals surface area contributed by atoms with Crippen molar-refractivity contribution in [2.24, 2.45) is 0 Å². The summed E-state index contributed by atoms with van der Waals surface area (Å²) < 4.78 is 67.0. The van der Waals surface area contributed by atoms with Crippen molar-refractivity contribution < 1.29 is 34.6 Å². The molecule has 0 atom stereocenters. The average molecular weight is 673 g/mol. The molecule has 0 fully saturated rings. The normalized spacial score (nSPS) is 11.4. The van der Waals surface area contributed by atoms with Crippen LogP contribution in [-0.4, -0.2) is 41.8 Å². The number of hydrogen-bond donors (Lipinski definition) is 5. The lowest BCUT2D eigenvalue weighted by atomic mass is 9.99. The van der Waals surface area contributed by atoms with Crippen LogP contribution in [0.5, 0.6) is 0 Å². The smallest absolute Gasteiger partial charge is 0.383 e. The lowest BCUT2D eigenvalue weighted by Crippen LogP contribution is -2.22. The van der Waals surface area contributed by atoms with Gasteiger partial charge >= 0.3 is 20.6 Å². The van der Waals surface area contributed by atoms with Gasteiger partial charge in [0.25, 0.3) is 5.91 Å². The van der Waals surface area contributed by atoms with Crippen molar-refractivity contribution in [3.05, 3.63) is 99.2 Å². The first kappa shape index (κ1) is 33.6. The maximum atomic E-state index is 13.2.